The molecule has 2 heterocycles. The molecule has 0 saturated carbocycles. The molecule has 19 heavy (non-hydrogen) atoms. The van der Waals surface area contributed by atoms with Crippen molar-refractivity contribution in [2.24, 2.45) is 0 Å². The van der Waals surface area contributed by atoms with Crippen molar-refractivity contribution in [1.29, 1.82) is 0 Å². The topological polar surface area (TPSA) is 15.3 Å². The summed E-state index contributed by atoms with van der Waals surface area (Å²) in [6.45, 7) is 3.30. The van der Waals surface area contributed by atoms with Crippen LogP contribution in [0.15, 0.2) is 18.2 Å². The molecule has 106 valence electrons. The lowest BCUT2D eigenvalue weighted by Gasteiger charge is -2.24. The smallest absolute Gasteiger partial charge is 0.0595 e. The van der Waals surface area contributed by atoms with E-state index < -0.39 is 0 Å². The molecule has 1 aromatic rings. The summed E-state index contributed by atoms with van der Waals surface area (Å²) < 4.78 is 0. The van der Waals surface area contributed by atoms with Crippen molar-refractivity contribution in [3.05, 3.63) is 33.8 Å². The number of hydrogen-bond donors (Lipinski definition) is 1. The number of likely N-dealkylation sites (tertiary alicyclic amines) is 1. The van der Waals surface area contributed by atoms with Crippen LogP contribution >= 0.6 is 35.6 Å². The number of fused-ring (bicyclic) bond motifs is 2. The molecule has 0 amide bonds. The fraction of sp³-hybridized carbons (Fsp3) is 0.571. The first-order valence-electron chi connectivity index (χ1n) is 6.63. The summed E-state index contributed by atoms with van der Waals surface area (Å²) in [4.78, 5) is 2.52. The first-order chi connectivity index (χ1) is 8.70. The number of nitrogens with one attached hydrogen (secondary N) is 1. The zero-order chi connectivity index (χ0) is 12.5. The van der Waals surface area contributed by atoms with Crippen LogP contribution in [0.5, 0.6) is 0 Å². The van der Waals surface area contributed by atoms with E-state index in [-0.39, 0.29) is 12.4 Å². The first kappa shape index (κ1) is 15.4. The average Bonchev–Trinajstić information content (AvgIpc) is 2.68. The molecule has 1 aromatic carbocycles. The van der Waals surface area contributed by atoms with Gasteiger partial charge in [0.05, 0.1) is 10.0 Å². The van der Waals surface area contributed by atoms with Crippen molar-refractivity contribution in [3.8, 4) is 0 Å². The van der Waals surface area contributed by atoms with Gasteiger partial charge in [-0.3, -0.25) is 4.90 Å². The van der Waals surface area contributed by atoms with Crippen LogP contribution in [0.1, 0.15) is 24.8 Å². The van der Waals surface area contributed by atoms with E-state index in [4.69, 9.17) is 23.2 Å². The lowest BCUT2D eigenvalue weighted by atomic mass is 10.1. The maximum atomic E-state index is 6.06. The van der Waals surface area contributed by atoms with E-state index in [1.54, 1.807) is 0 Å². The standard InChI is InChI=1S/C14H18Cl2N2.ClH/c15-13-4-1-10(7-14(13)16)8-18-6-5-11-2-3-12(9-18)17-11;/h1,4,7,11-12,17H,2-3,5-6,8-9H2;1H. The second-order valence-corrected chi connectivity index (χ2v) is 6.22. The normalized spacial score (nSPS) is 26.8. The lowest BCUT2D eigenvalue weighted by molar-refractivity contribution is 0.251. The van der Waals surface area contributed by atoms with Gasteiger partial charge in [0.2, 0.25) is 0 Å². The molecule has 2 aliphatic heterocycles. The number of hydrogen-bond acceptors (Lipinski definition) is 2. The Balaban J connectivity index is 0.00000133. The zero-order valence-electron chi connectivity index (χ0n) is 10.7. The van der Waals surface area contributed by atoms with Gasteiger partial charge >= 0.3 is 0 Å². The van der Waals surface area contributed by atoms with E-state index in [1.807, 2.05) is 12.1 Å². The van der Waals surface area contributed by atoms with Crippen molar-refractivity contribution < 1.29 is 0 Å². The highest BCUT2D eigenvalue weighted by Gasteiger charge is 2.28. The minimum Gasteiger partial charge on any atom is -0.310 e. The largest absolute Gasteiger partial charge is 0.310 e. The minimum absolute atomic E-state index is 0. The predicted octanol–water partition coefficient (Wildman–Crippen LogP) is 3.74. The second-order valence-electron chi connectivity index (χ2n) is 5.41. The number of rotatable bonds is 2. The van der Waals surface area contributed by atoms with Crippen LogP contribution in [-0.2, 0) is 6.54 Å². The molecular weight excluding hydrogens is 303 g/mol. The molecule has 5 heteroatoms. The van der Waals surface area contributed by atoms with Crippen molar-refractivity contribution in [3.63, 3.8) is 0 Å². The Kier molecular flexibility index (Phi) is 5.38. The van der Waals surface area contributed by atoms with E-state index in [2.05, 4.69) is 16.3 Å². The van der Waals surface area contributed by atoms with Crippen molar-refractivity contribution in [2.45, 2.75) is 37.9 Å². The van der Waals surface area contributed by atoms with Crippen LogP contribution in [-0.4, -0.2) is 30.1 Å². The second kappa shape index (κ2) is 6.64. The maximum absolute atomic E-state index is 6.06. The molecule has 2 nitrogen and oxygen atoms in total. The summed E-state index contributed by atoms with van der Waals surface area (Å²) in [5.41, 5.74) is 1.25. The minimum atomic E-state index is 0. The fourth-order valence-corrected chi connectivity index (χ4v) is 3.38. The van der Waals surface area contributed by atoms with Gasteiger partial charge in [-0.2, -0.15) is 0 Å². The van der Waals surface area contributed by atoms with Crippen LogP contribution in [0.4, 0.5) is 0 Å². The molecule has 0 aliphatic carbocycles. The molecule has 3 rings (SSSR count). The Bertz CT molecular complexity index is 439. The van der Waals surface area contributed by atoms with E-state index in [0.29, 0.717) is 16.1 Å². The Morgan fingerprint density at radius 2 is 1.89 bits per heavy atom. The van der Waals surface area contributed by atoms with Crippen LogP contribution in [0.3, 0.4) is 0 Å². The summed E-state index contributed by atoms with van der Waals surface area (Å²) in [5.74, 6) is 0. The Hall–Kier alpha value is 0.01000. The molecular formula is C14H19Cl3N2. The SMILES string of the molecule is Cl.Clc1ccc(CN2CCC3CCC(C2)N3)cc1Cl. The third kappa shape index (κ3) is 3.77. The molecule has 2 unspecified atom stereocenters. The third-order valence-electron chi connectivity index (χ3n) is 4.00. The van der Waals surface area contributed by atoms with Crippen LogP contribution < -0.4 is 5.32 Å². The first-order valence-corrected chi connectivity index (χ1v) is 7.38. The van der Waals surface area contributed by atoms with Gasteiger partial charge in [-0.1, -0.05) is 29.3 Å². The lowest BCUT2D eigenvalue weighted by Crippen LogP contribution is -2.34. The monoisotopic (exact) mass is 320 g/mol. The van der Waals surface area contributed by atoms with E-state index in [9.17, 15) is 0 Å². The van der Waals surface area contributed by atoms with Crippen LogP contribution in [0, 0.1) is 0 Å². The van der Waals surface area contributed by atoms with Gasteiger partial charge in [0.25, 0.3) is 0 Å². The summed E-state index contributed by atoms with van der Waals surface area (Å²) in [5, 5.41) is 4.99. The number of halogens is 3. The van der Waals surface area contributed by atoms with Gasteiger partial charge in [-0.25, -0.2) is 0 Å². The summed E-state index contributed by atoms with van der Waals surface area (Å²) in [6.07, 6.45) is 3.94. The molecule has 2 bridgehead atoms. The van der Waals surface area contributed by atoms with Gasteiger partial charge in [-0.05, 0) is 37.0 Å². The van der Waals surface area contributed by atoms with E-state index in [1.165, 1.54) is 31.4 Å². The van der Waals surface area contributed by atoms with Gasteiger partial charge in [0.15, 0.2) is 0 Å². The quantitative estimate of drug-likeness (QED) is 0.892. The number of nitrogens with zero attached hydrogens (tertiary/aromatic N) is 1. The van der Waals surface area contributed by atoms with Crippen molar-refractivity contribution in [1.82, 2.24) is 10.2 Å². The molecule has 0 aromatic heterocycles. The molecule has 0 radical (unpaired) electrons. The van der Waals surface area contributed by atoms with Crippen LogP contribution in [0.2, 0.25) is 10.0 Å². The molecule has 1 N–H and O–H groups in total. The summed E-state index contributed by atoms with van der Waals surface area (Å²) in [7, 11) is 0. The van der Waals surface area contributed by atoms with Crippen molar-refractivity contribution >= 4 is 35.6 Å². The maximum Gasteiger partial charge on any atom is 0.0595 e. The van der Waals surface area contributed by atoms with Crippen LogP contribution in [0.25, 0.3) is 0 Å². The highest BCUT2D eigenvalue weighted by atomic mass is 35.5. The van der Waals surface area contributed by atoms with Gasteiger partial charge in [-0.15, -0.1) is 12.4 Å². The van der Waals surface area contributed by atoms with Crippen molar-refractivity contribution in [2.75, 3.05) is 13.1 Å². The summed E-state index contributed by atoms with van der Waals surface area (Å²) in [6, 6.07) is 7.38. The molecule has 2 fully saturated rings. The fourth-order valence-electron chi connectivity index (χ4n) is 3.06. The third-order valence-corrected chi connectivity index (χ3v) is 4.74. The predicted molar refractivity (Wildman–Crippen MR) is 83.5 cm³/mol. The molecule has 2 aliphatic rings. The Morgan fingerprint density at radius 1 is 1.11 bits per heavy atom. The zero-order valence-corrected chi connectivity index (χ0v) is 13.1. The average molecular weight is 322 g/mol. The highest BCUT2D eigenvalue weighted by molar-refractivity contribution is 6.42. The Morgan fingerprint density at radius 3 is 2.68 bits per heavy atom. The highest BCUT2D eigenvalue weighted by Crippen LogP contribution is 2.25. The van der Waals surface area contributed by atoms with Gasteiger partial charge < -0.3 is 5.32 Å². The van der Waals surface area contributed by atoms with E-state index in [0.717, 1.165) is 19.1 Å². The molecule has 2 saturated heterocycles. The molecule has 0 spiro atoms. The Labute approximate surface area is 130 Å². The summed E-state index contributed by atoms with van der Waals surface area (Å²) >= 11 is 12.0. The number of benzene rings is 1. The van der Waals surface area contributed by atoms with E-state index >= 15 is 0 Å². The van der Waals surface area contributed by atoms with Gasteiger partial charge in [0, 0.05) is 31.7 Å². The molecule has 2 atom stereocenters. The van der Waals surface area contributed by atoms with Gasteiger partial charge in [0.1, 0.15) is 0 Å².